The summed E-state index contributed by atoms with van der Waals surface area (Å²) in [5.41, 5.74) is 0.0161. The second-order valence-electron chi connectivity index (χ2n) is 3.59. The van der Waals surface area contributed by atoms with Crippen LogP contribution in [0.2, 0.25) is 0 Å². The molecule has 0 aliphatic rings. The van der Waals surface area contributed by atoms with Gasteiger partial charge in [0.15, 0.2) is 6.80 Å². The first-order valence-electron chi connectivity index (χ1n) is 5.25. The van der Waals surface area contributed by atoms with Crippen molar-refractivity contribution in [3.8, 4) is 0 Å². The number of rotatable bonds is 3. The van der Waals surface area contributed by atoms with Crippen LogP contribution in [0.25, 0.3) is 11.0 Å². The highest BCUT2D eigenvalue weighted by Gasteiger charge is 2.12. The SMILES string of the molecule is CNC(=O)c1cc2ccc(NCF)cc2oc1=O. The molecule has 0 unspecified atom stereocenters. The lowest BCUT2D eigenvalue weighted by atomic mass is 10.1. The van der Waals surface area contributed by atoms with Gasteiger partial charge in [-0.15, -0.1) is 0 Å². The van der Waals surface area contributed by atoms with E-state index in [0.29, 0.717) is 16.7 Å². The van der Waals surface area contributed by atoms with E-state index in [9.17, 15) is 14.0 Å². The van der Waals surface area contributed by atoms with Gasteiger partial charge in [0.2, 0.25) is 0 Å². The summed E-state index contributed by atoms with van der Waals surface area (Å²) in [5.74, 6) is -0.503. The zero-order chi connectivity index (χ0) is 13.1. The average Bonchev–Trinajstić information content (AvgIpc) is 2.37. The zero-order valence-electron chi connectivity index (χ0n) is 9.62. The monoisotopic (exact) mass is 250 g/mol. The van der Waals surface area contributed by atoms with Gasteiger partial charge in [-0.1, -0.05) is 0 Å². The fourth-order valence-electron chi connectivity index (χ4n) is 1.59. The van der Waals surface area contributed by atoms with E-state index in [1.807, 2.05) is 0 Å². The third-order valence-corrected chi connectivity index (χ3v) is 2.48. The first-order chi connectivity index (χ1) is 8.65. The van der Waals surface area contributed by atoms with Crippen molar-refractivity contribution >= 4 is 22.6 Å². The highest BCUT2D eigenvalue weighted by molar-refractivity contribution is 5.96. The molecule has 1 aromatic carbocycles. The van der Waals surface area contributed by atoms with Gasteiger partial charge in [0.05, 0.1) is 0 Å². The Morgan fingerprint density at radius 3 is 2.83 bits per heavy atom. The Bertz CT molecular complexity index is 651. The van der Waals surface area contributed by atoms with Gasteiger partial charge in [0.1, 0.15) is 11.1 Å². The summed E-state index contributed by atoms with van der Waals surface area (Å²) in [6, 6.07) is 6.22. The van der Waals surface area contributed by atoms with Crippen LogP contribution < -0.4 is 16.3 Å². The second-order valence-corrected chi connectivity index (χ2v) is 3.59. The number of benzene rings is 1. The Morgan fingerprint density at radius 2 is 2.17 bits per heavy atom. The van der Waals surface area contributed by atoms with Crippen LogP contribution in [0.4, 0.5) is 10.1 Å². The van der Waals surface area contributed by atoms with Crippen molar-refractivity contribution in [2.45, 2.75) is 0 Å². The average molecular weight is 250 g/mol. The molecule has 2 aromatic rings. The van der Waals surface area contributed by atoms with Crippen LogP contribution in [0.1, 0.15) is 10.4 Å². The van der Waals surface area contributed by atoms with Crippen molar-refractivity contribution in [3.63, 3.8) is 0 Å². The van der Waals surface area contributed by atoms with Crippen LogP contribution in [0.15, 0.2) is 33.5 Å². The van der Waals surface area contributed by atoms with Crippen LogP contribution in [-0.4, -0.2) is 19.8 Å². The molecule has 18 heavy (non-hydrogen) atoms. The van der Waals surface area contributed by atoms with Crippen molar-refractivity contribution in [3.05, 3.63) is 40.2 Å². The van der Waals surface area contributed by atoms with Gasteiger partial charge in [-0.3, -0.25) is 4.79 Å². The molecule has 0 bridgehead atoms. The van der Waals surface area contributed by atoms with Gasteiger partial charge in [0, 0.05) is 24.2 Å². The van der Waals surface area contributed by atoms with E-state index in [-0.39, 0.29) is 5.56 Å². The fraction of sp³-hybridized carbons (Fsp3) is 0.167. The smallest absolute Gasteiger partial charge is 0.349 e. The van der Waals surface area contributed by atoms with Crippen molar-refractivity contribution in [2.24, 2.45) is 0 Å². The number of anilines is 1. The van der Waals surface area contributed by atoms with E-state index in [0.717, 1.165) is 0 Å². The van der Waals surface area contributed by atoms with E-state index >= 15 is 0 Å². The van der Waals surface area contributed by atoms with Gasteiger partial charge in [-0.05, 0) is 18.2 Å². The Kier molecular flexibility index (Phi) is 3.27. The molecule has 1 amide bonds. The quantitative estimate of drug-likeness (QED) is 0.639. The minimum Gasteiger partial charge on any atom is -0.422 e. The summed E-state index contributed by atoms with van der Waals surface area (Å²) in [6.07, 6.45) is 0. The van der Waals surface area contributed by atoms with Crippen LogP contribution in [-0.2, 0) is 0 Å². The minimum absolute atomic E-state index is 0.0591. The largest absolute Gasteiger partial charge is 0.422 e. The molecule has 6 heteroatoms. The molecule has 0 saturated carbocycles. The number of alkyl halides is 1. The van der Waals surface area contributed by atoms with E-state index in [1.165, 1.54) is 19.2 Å². The van der Waals surface area contributed by atoms with Gasteiger partial charge < -0.3 is 15.1 Å². The lowest BCUT2D eigenvalue weighted by Gasteiger charge is -2.04. The molecule has 5 nitrogen and oxygen atoms in total. The Morgan fingerprint density at radius 1 is 1.39 bits per heavy atom. The van der Waals surface area contributed by atoms with Crippen molar-refractivity contribution in [1.29, 1.82) is 0 Å². The Labute approximate surface area is 102 Å². The highest BCUT2D eigenvalue weighted by atomic mass is 19.1. The molecule has 0 aliphatic carbocycles. The summed E-state index contributed by atoms with van der Waals surface area (Å²) in [5, 5.41) is 5.41. The molecule has 0 aliphatic heterocycles. The van der Waals surface area contributed by atoms with Crippen LogP contribution in [0, 0.1) is 0 Å². The minimum atomic E-state index is -0.723. The molecule has 2 N–H and O–H groups in total. The van der Waals surface area contributed by atoms with Crippen LogP contribution in [0.3, 0.4) is 0 Å². The highest BCUT2D eigenvalue weighted by Crippen LogP contribution is 2.18. The van der Waals surface area contributed by atoms with Crippen molar-refractivity contribution in [1.82, 2.24) is 5.32 Å². The number of fused-ring (bicyclic) bond motifs is 1. The number of hydrogen-bond acceptors (Lipinski definition) is 4. The Balaban J connectivity index is 2.57. The Hall–Kier alpha value is -2.37. The number of hydrogen-bond donors (Lipinski definition) is 2. The zero-order valence-corrected chi connectivity index (χ0v) is 9.62. The fourth-order valence-corrected chi connectivity index (χ4v) is 1.59. The van der Waals surface area contributed by atoms with Gasteiger partial charge in [0.25, 0.3) is 5.91 Å². The van der Waals surface area contributed by atoms with E-state index < -0.39 is 18.3 Å². The number of halogens is 1. The number of amides is 1. The second kappa shape index (κ2) is 4.87. The van der Waals surface area contributed by atoms with Gasteiger partial charge in [-0.2, -0.15) is 0 Å². The third-order valence-electron chi connectivity index (χ3n) is 2.48. The molecule has 0 spiro atoms. The lowest BCUT2D eigenvalue weighted by Crippen LogP contribution is -2.24. The molecule has 0 fully saturated rings. The lowest BCUT2D eigenvalue weighted by molar-refractivity contribution is 0.0959. The summed E-state index contributed by atoms with van der Waals surface area (Å²) in [4.78, 5) is 23.0. The maximum absolute atomic E-state index is 12.1. The molecule has 1 aromatic heterocycles. The summed E-state index contributed by atoms with van der Waals surface area (Å²) in [7, 11) is 1.43. The molecule has 2 rings (SSSR count). The van der Waals surface area contributed by atoms with Crippen molar-refractivity contribution in [2.75, 3.05) is 19.2 Å². The molecule has 94 valence electrons. The molecule has 1 heterocycles. The topological polar surface area (TPSA) is 71.3 Å². The van der Waals surface area contributed by atoms with E-state index in [2.05, 4.69) is 10.6 Å². The van der Waals surface area contributed by atoms with Crippen molar-refractivity contribution < 1.29 is 13.6 Å². The van der Waals surface area contributed by atoms with E-state index in [4.69, 9.17) is 4.42 Å². The normalized spacial score (nSPS) is 10.3. The number of carbonyl (C=O) groups excluding carboxylic acids is 1. The van der Waals surface area contributed by atoms with Gasteiger partial charge in [-0.25, -0.2) is 9.18 Å². The maximum Gasteiger partial charge on any atom is 0.349 e. The van der Waals surface area contributed by atoms with Crippen LogP contribution >= 0.6 is 0 Å². The van der Waals surface area contributed by atoms with E-state index in [1.54, 1.807) is 12.1 Å². The number of carbonyl (C=O) groups is 1. The maximum atomic E-state index is 12.1. The molecular weight excluding hydrogens is 239 g/mol. The molecular formula is C12H11FN2O3. The molecule has 0 radical (unpaired) electrons. The first kappa shape index (κ1) is 12.1. The summed E-state index contributed by atoms with van der Waals surface area (Å²) >= 11 is 0. The molecule has 0 atom stereocenters. The third kappa shape index (κ3) is 2.17. The predicted octanol–water partition coefficient (Wildman–Crippen LogP) is 1.49. The molecule has 0 saturated heterocycles. The predicted molar refractivity (Wildman–Crippen MR) is 65.5 cm³/mol. The summed E-state index contributed by atoms with van der Waals surface area (Å²) < 4.78 is 17.1. The van der Waals surface area contributed by atoms with Gasteiger partial charge >= 0.3 is 5.63 Å². The first-order valence-corrected chi connectivity index (χ1v) is 5.25. The summed E-state index contributed by atoms with van der Waals surface area (Å²) in [6.45, 7) is -0.716. The standard InChI is InChI=1S/C12H11FN2O3/c1-14-11(16)9-4-7-2-3-8(15-6-13)5-10(7)18-12(9)17/h2-5,15H,6H2,1H3,(H,14,16). The number of nitrogens with one attached hydrogen (secondary N) is 2. The van der Waals surface area contributed by atoms with Crippen LogP contribution in [0.5, 0.6) is 0 Å².